The number of tetrazole rings is 1. The van der Waals surface area contributed by atoms with E-state index in [2.05, 4.69) is 20.7 Å². The largest absolute Gasteiger partial charge is 0.267 e. The fourth-order valence-corrected chi connectivity index (χ4v) is 3.39. The third kappa shape index (κ3) is 3.21. The molecule has 1 heterocycles. The van der Waals surface area contributed by atoms with Crippen molar-refractivity contribution in [3.05, 3.63) is 0 Å². The number of nitrogens with two attached hydrogens (primary N) is 1. The van der Waals surface area contributed by atoms with E-state index in [9.17, 15) is 16.8 Å². The predicted molar refractivity (Wildman–Crippen MR) is 48.8 cm³/mol. The summed E-state index contributed by atoms with van der Waals surface area (Å²) in [5.74, 6) is -1.30. The van der Waals surface area contributed by atoms with Crippen LogP contribution in [-0.4, -0.2) is 48.5 Å². The summed E-state index contributed by atoms with van der Waals surface area (Å²) in [7, 11) is -6.29. The van der Waals surface area contributed by atoms with Crippen LogP contribution in [0.1, 0.15) is 0 Å². The Balaban J connectivity index is 2.92. The van der Waals surface area contributed by atoms with Crippen LogP contribution in [0.3, 0.4) is 0 Å². The van der Waals surface area contributed by atoms with Gasteiger partial charge in [0.05, 0.1) is 11.5 Å². The van der Waals surface area contributed by atoms with Crippen LogP contribution in [0, 0.1) is 0 Å². The molecule has 0 saturated carbocycles. The molecule has 1 aromatic rings. The number of sulfone groups is 1. The van der Waals surface area contributed by atoms with Crippen molar-refractivity contribution in [1.29, 1.82) is 0 Å². The molecule has 0 unspecified atom stereocenters. The van der Waals surface area contributed by atoms with Crippen molar-refractivity contribution in [1.82, 2.24) is 20.2 Å². The highest BCUT2D eigenvalue weighted by Crippen LogP contribution is 2.04. The van der Waals surface area contributed by atoms with Crippen LogP contribution < -0.4 is 5.14 Å². The first-order chi connectivity index (χ1) is 6.72. The van der Waals surface area contributed by atoms with Gasteiger partial charge in [0, 0.05) is 7.05 Å². The van der Waals surface area contributed by atoms with Crippen LogP contribution >= 0.6 is 0 Å². The fraction of sp³-hybridized carbons (Fsp3) is 0.750. The highest BCUT2D eigenvalue weighted by atomic mass is 32.2. The smallest absolute Gasteiger partial charge is 0.229 e. The SMILES string of the molecule is Cn1nnnc1S(=O)(=O)CCS(N)(=O)=O. The molecule has 0 spiro atoms. The molecule has 0 bridgehead atoms. The van der Waals surface area contributed by atoms with Crippen molar-refractivity contribution in [3.8, 4) is 0 Å². The quantitative estimate of drug-likeness (QED) is 0.616. The van der Waals surface area contributed by atoms with Crippen molar-refractivity contribution in [2.75, 3.05) is 11.5 Å². The van der Waals surface area contributed by atoms with Crippen LogP contribution in [0.2, 0.25) is 0 Å². The number of hydrogen-bond acceptors (Lipinski definition) is 7. The lowest BCUT2D eigenvalue weighted by molar-refractivity contribution is 0.567. The highest BCUT2D eigenvalue weighted by Gasteiger charge is 2.23. The zero-order valence-corrected chi connectivity index (χ0v) is 9.36. The minimum absolute atomic E-state index is 0.383. The maximum absolute atomic E-state index is 11.5. The molecule has 1 rings (SSSR count). The Morgan fingerprint density at radius 3 is 2.27 bits per heavy atom. The minimum atomic E-state index is -3.82. The van der Waals surface area contributed by atoms with Crippen LogP contribution in [0.25, 0.3) is 0 Å². The highest BCUT2D eigenvalue weighted by molar-refractivity contribution is 7.94. The lowest BCUT2D eigenvalue weighted by Crippen LogP contribution is -2.24. The molecular weight excluding hydrogens is 246 g/mol. The van der Waals surface area contributed by atoms with E-state index in [0.717, 1.165) is 4.68 Å². The van der Waals surface area contributed by atoms with Crippen molar-refractivity contribution >= 4 is 19.9 Å². The van der Waals surface area contributed by atoms with Gasteiger partial charge in [-0.3, -0.25) is 0 Å². The second kappa shape index (κ2) is 3.83. The van der Waals surface area contributed by atoms with Gasteiger partial charge >= 0.3 is 0 Å². The Morgan fingerprint density at radius 1 is 1.27 bits per heavy atom. The second-order valence-corrected chi connectivity index (χ2v) is 6.51. The maximum Gasteiger partial charge on any atom is 0.267 e. The Bertz CT molecular complexity index is 543. The summed E-state index contributed by atoms with van der Waals surface area (Å²) >= 11 is 0. The molecule has 1 aromatic heterocycles. The number of sulfonamides is 1. The normalized spacial score (nSPS) is 12.9. The minimum Gasteiger partial charge on any atom is -0.229 e. The van der Waals surface area contributed by atoms with Crippen LogP contribution in [0.5, 0.6) is 0 Å². The average molecular weight is 255 g/mol. The Hall–Kier alpha value is -1.07. The second-order valence-electron chi connectivity index (χ2n) is 2.77. The van der Waals surface area contributed by atoms with Crippen LogP contribution in [0.15, 0.2) is 5.16 Å². The van der Waals surface area contributed by atoms with Gasteiger partial charge in [0.1, 0.15) is 0 Å². The van der Waals surface area contributed by atoms with Gasteiger partial charge in [-0.05, 0) is 10.4 Å². The third-order valence-corrected chi connectivity index (χ3v) is 4.17. The first-order valence-corrected chi connectivity index (χ1v) is 7.05. The van der Waals surface area contributed by atoms with Gasteiger partial charge in [-0.1, -0.05) is 5.10 Å². The molecule has 0 saturated heterocycles. The van der Waals surface area contributed by atoms with Crippen molar-refractivity contribution in [2.45, 2.75) is 5.16 Å². The number of aryl methyl sites for hydroxylation is 1. The number of nitrogens with zero attached hydrogens (tertiary/aromatic N) is 4. The van der Waals surface area contributed by atoms with Gasteiger partial charge in [-0.2, -0.15) is 0 Å². The first-order valence-electron chi connectivity index (χ1n) is 3.68. The van der Waals surface area contributed by atoms with Crippen LogP contribution in [-0.2, 0) is 26.9 Å². The van der Waals surface area contributed by atoms with E-state index in [1.165, 1.54) is 7.05 Å². The summed E-state index contributed by atoms with van der Waals surface area (Å²) in [6.07, 6.45) is 0. The van der Waals surface area contributed by atoms with Crippen molar-refractivity contribution in [3.63, 3.8) is 0 Å². The molecule has 15 heavy (non-hydrogen) atoms. The van der Waals surface area contributed by atoms with E-state index >= 15 is 0 Å². The molecule has 9 nitrogen and oxygen atoms in total. The summed E-state index contributed by atoms with van der Waals surface area (Å²) in [6, 6.07) is 0. The Morgan fingerprint density at radius 2 is 1.87 bits per heavy atom. The molecule has 0 aliphatic heterocycles. The lowest BCUT2D eigenvalue weighted by atomic mass is 11.0. The van der Waals surface area contributed by atoms with Gasteiger partial charge in [0.2, 0.25) is 19.9 Å². The molecule has 11 heteroatoms. The average Bonchev–Trinajstić information content (AvgIpc) is 2.47. The summed E-state index contributed by atoms with van der Waals surface area (Å²) < 4.78 is 45.1. The van der Waals surface area contributed by atoms with Crippen molar-refractivity contribution in [2.24, 2.45) is 12.2 Å². The molecule has 0 aromatic carbocycles. The molecule has 86 valence electrons. The van der Waals surface area contributed by atoms with Gasteiger partial charge in [-0.25, -0.2) is 26.7 Å². The summed E-state index contributed by atoms with van der Waals surface area (Å²) in [6.45, 7) is 0. The third-order valence-electron chi connectivity index (χ3n) is 1.50. The number of primary sulfonamides is 1. The summed E-state index contributed by atoms with van der Waals surface area (Å²) in [4.78, 5) is 0. The molecular formula is C4H9N5O4S2. The van der Waals surface area contributed by atoms with Crippen LogP contribution in [0.4, 0.5) is 0 Å². The summed E-state index contributed by atoms with van der Waals surface area (Å²) in [5.41, 5.74) is 0. The molecule has 2 N–H and O–H groups in total. The van der Waals surface area contributed by atoms with Crippen molar-refractivity contribution < 1.29 is 16.8 Å². The molecule has 0 aliphatic carbocycles. The Labute approximate surface area is 86.2 Å². The number of hydrogen-bond donors (Lipinski definition) is 1. The summed E-state index contributed by atoms with van der Waals surface area (Å²) in [5, 5.41) is 14.0. The first kappa shape index (κ1) is 12.0. The van der Waals surface area contributed by atoms with E-state index in [1.54, 1.807) is 0 Å². The topological polar surface area (TPSA) is 138 Å². The van der Waals surface area contributed by atoms with E-state index in [-0.39, 0.29) is 5.16 Å². The fourth-order valence-electron chi connectivity index (χ4n) is 0.802. The van der Waals surface area contributed by atoms with E-state index in [0.29, 0.717) is 0 Å². The van der Waals surface area contributed by atoms with Gasteiger partial charge in [0.25, 0.3) is 5.16 Å². The Kier molecular flexibility index (Phi) is 3.06. The zero-order chi connectivity index (χ0) is 11.7. The molecule has 0 amide bonds. The van der Waals surface area contributed by atoms with Gasteiger partial charge in [0.15, 0.2) is 0 Å². The number of rotatable bonds is 4. The zero-order valence-electron chi connectivity index (χ0n) is 7.73. The van der Waals surface area contributed by atoms with Gasteiger partial charge < -0.3 is 0 Å². The standard InChI is InChI=1S/C4H9N5O4S2/c1-9-4(6-7-8-9)14(10,11)2-3-15(5,12)13/h2-3H2,1H3,(H2,5,12,13). The number of aromatic nitrogens is 4. The maximum atomic E-state index is 11.5. The van der Waals surface area contributed by atoms with E-state index in [4.69, 9.17) is 0 Å². The molecule has 0 fully saturated rings. The van der Waals surface area contributed by atoms with Gasteiger partial charge in [-0.15, -0.1) is 0 Å². The predicted octanol–water partition coefficient (Wildman–Crippen LogP) is -2.73. The van der Waals surface area contributed by atoms with E-state index in [1.807, 2.05) is 0 Å². The molecule has 0 aliphatic rings. The molecule has 0 radical (unpaired) electrons. The van der Waals surface area contributed by atoms with E-state index < -0.39 is 31.4 Å². The monoisotopic (exact) mass is 255 g/mol. The molecule has 0 atom stereocenters. The lowest BCUT2D eigenvalue weighted by Gasteiger charge is -2.00.